The lowest BCUT2D eigenvalue weighted by atomic mass is 9.49. The maximum absolute atomic E-state index is 13.5. The zero-order valence-electron chi connectivity index (χ0n) is 28.6. The maximum Gasteiger partial charge on any atom is 0.267 e. The van der Waals surface area contributed by atoms with E-state index < -0.39 is 11.1 Å². The number of likely N-dealkylation sites (tertiary alicyclic amines) is 2. The van der Waals surface area contributed by atoms with Crippen LogP contribution >= 0.6 is 11.3 Å². The normalized spacial score (nSPS) is 18.3. The van der Waals surface area contributed by atoms with Gasteiger partial charge in [0.25, 0.3) is 11.8 Å². The van der Waals surface area contributed by atoms with Crippen molar-refractivity contribution in [2.45, 2.75) is 50.2 Å². The first-order valence-electron chi connectivity index (χ1n) is 16.9. The van der Waals surface area contributed by atoms with E-state index in [4.69, 9.17) is 16.2 Å². The summed E-state index contributed by atoms with van der Waals surface area (Å²) in [7, 11) is 7.09. The van der Waals surface area contributed by atoms with Crippen LogP contribution < -0.4 is 32.2 Å². The number of piperidine rings is 1. The SMILES string of the molecule is BC(B)(B)NC(=O)/C(N)=C(/C=C(\N)NC(=O)C1CC1)Nc1cccc(-c2ncc(C(=O)N3CCC(CCN4CCCC4)CC3)s2)c1OC. The number of hydrogen-bond acceptors (Lipinski definition) is 10. The fraction of sp³-hybridized carbons (Fsp3) is 0.500. The molecule has 12 nitrogen and oxygen atoms in total. The third-order valence-corrected chi connectivity index (χ3v) is 9.95. The predicted octanol–water partition coefficient (Wildman–Crippen LogP) is -0.308. The number of rotatable bonds is 13. The minimum Gasteiger partial charge on any atom is -0.494 e. The van der Waals surface area contributed by atoms with Gasteiger partial charge in [-0.3, -0.25) is 14.4 Å². The molecule has 3 aliphatic rings. The van der Waals surface area contributed by atoms with Crippen LogP contribution in [0.4, 0.5) is 5.69 Å². The van der Waals surface area contributed by atoms with Crippen molar-refractivity contribution in [3.63, 3.8) is 0 Å². The lowest BCUT2D eigenvalue weighted by Crippen LogP contribution is -2.51. The molecule has 3 heterocycles. The molecular formula is C32H47B3N8O4S. The van der Waals surface area contributed by atoms with Crippen molar-refractivity contribution in [1.29, 1.82) is 0 Å². The number of thiazole rings is 1. The summed E-state index contributed by atoms with van der Waals surface area (Å²) < 4.78 is 5.84. The Labute approximate surface area is 289 Å². The summed E-state index contributed by atoms with van der Waals surface area (Å²) in [5, 5.41) is 8.82. The first-order chi connectivity index (χ1) is 22.9. The third kappa shape index (κ3) is 9.37. The summed E-state index contributed by atoms with van der Waals surface area (Å²) in [6.45, 7) is 5.14. The molecule has 7 N–H and O–H groups in total. The number of methoxy groups -OCH3 is 1. The molecule has 3 amide bonds. The molecule has 1 aromatic heterocycles. The minimum absolute atomic E-state index is 0.00157. The van der Waals surface area contributed by atoms with E-state index in [0.717, 1.165) is 38.8 Å². The number of nitrogens with two attached hydrogens (primary N) is 2. The number of benzene rings is 1. The van der Waals surface area contributed by atoms with Crippen molar-refractivity contribution in [2.75, 3.05) is 45.2 Å². The highest BCUT2D eigenvalue weighted by Crippen LogP contribution is 2.39. The number of ether oxygens (including phenoxy) is 1. The number of nitrogens with zero attached hydrogens (tertiary/aromatic N) is 3. The van der Waals surface area contributed by atoms with E-state index in [1.807, 2.05) is 40.6 Å². The molecule has 0 unspecified atom stereocenters. The molecule has 5 rings (SSSR count). The Morgan fingerprint density at radius 3 is 2.44 bits per heavy atom. The molecule has 1 aliphatic carbocycles. The van der Waals surface area contributed by atoms with Crippen molar-refractivity contribution in [3.8, 4) is 16.3 Å². The van der Waals surface area contributed by atoms with Crippen molar-refractivity contribution >= 4 is 58.3 Å². The van der Waals surface area contributed by atoms with E-state index in [-0.39, 0.29) is 34.9 Å². The highest BCUT2D eigenvalue weighted by atomic mass is 32.1. The van der Waals surface area contributed by atoms with Gasteiger partial charge in [-0.05, 0) is 87.9 Å². The van der Waals surface area contributed by atoms with Crippen molar-refractivity contribution in [2.24, 2.45) is 23.3 Å². The number of anilines is 1. The van der Waals surface area contributed by atoms with Gasteiger partial charge < -0.3 is 42.0 Å². The average molecular weight is 672 g/mol. The molecular weight excluding hydrogens is 625 g/mol. The molecule has 1 saturated carbocycles. The topological polar surface area (TPSA) is 168 Å². The van der Waals surface area contributed by atoms with Gasteiger partial charge in [0.05, 0.1) is 30.3 Å². The van der Waals surface area contributed by atoms with Crippen molar-refractivity contribution in [1.82, 2.24) is 25.4 Å². The monoisotopic (exact) mass is 672 g/mol. The molecule has 16 heteroatoms. The molecule has 0 bridgehead atoms. The van der Waals surface area contributed by atoms with E-state index in [0.29, 0.717) is 32.8 Å². The van der Waals surface area contributed by atoms with Crippen LogP contribution in [-0.4, -0.2) is 101 Å². The van der Waals surface area contributed by atoms with Crippen LogP contribution in [0.1, 0.15) is 54.6 Å². The van der Waals surface area contributed by atoms with Gasteiger partial charge in [-0.25, -0.2) is 4.98 Å². The predicted molar refractivity (Wildman–Crippen MR) is 197 cm³/mol. The zero-order chi connectivity index (χ0) is 34.4. The summed E-state index contributed by atoms with van der Waals surface area (Å²) in [5.74, 6) is 0.435. The summed E-state index contributed by atoms with van der Waals surface area (Å²) in [6.07, 6.45) is 10.6. The Morgan fingerprint density at radius 2 is 1.79 bits per heavy atom. The molecule has 0 radical (unpaired) electrons. The van der Waals surface area contributed by atoms with Crippen LogP contribution in [0.3, 0.4) is 0 Å². The molecule has 1 aromatic carbocycles. The van der Waals surface area contributed by atoms with Crippen molar-refractivity contribution < 1.29 is 19.1 Å². The van der Waals surface area contributed by atoms with Crippen LogP contribution in [0, 0.1) is 11.8 Å². The summed E-state index contributed by atoms with van der Waals surface area (Å²) >= 11 is 1.32. The molecule has 2 aromatic rings. The Balaban J connectivity index is 1.31. The number of carbonyl (C=O) groups excluding carboxylic acids is 3. The number of para-hydroxylation sites is 1. The number of aromatic nitrogens is 1. The number of amides is 3. The lowest BCUT2D eigenvalue weighted by Gasteiger charge is -2.32. The minimum atomic E-state index is -0.539. The molecule has 48 heavy (non-hydrogen) atoms. The highest BCUT2D eigenvalue weighted by molar-refractivity contribution is 7.17. The van der Waals surface area contributed by atoms with Gasteiger partial charge >= 0.3 is 0 Å². The van der Waals surface area contributed by atoms with Gasteiger partial charge in [-0.15, -0.1) is 11.3 Å². The summed E-state index contributed by atoms with van der Waals surface area (Å²) in [6, 6.07) is 5.46. The first-order valence-corrected chi connectivity index (χ1v) is 17.8. The average Bonchev–Trinajstić information content (AvgIpc) is 3.55. The fourth-order valence-corrected chi connectivity index (χ4v) is 7.02. The van der Waals surface area contributed by atoms with E-state index in [2.05, 4.69) is 25.8 Å². The standard InChI is InChI=1S/C32H47B3N8O4S/c1-47-27-21(30-38-18-24(48-30)31(46)43-15-10-19(11-16-43)9-14-42-12-2-3-13-42)5-4-6-22(27)39-23(26(37)29(45)41-32(33,34)35)17-25(36)40-28(44)20-7-8-20/h4-6,17-20,39H,2-3,7-16,33-37H2,1H3,(H,40,44)(H,41,45)/b25-17+,26-23+. The summed E-state index contributed by atoms with van der Waals surface area (Å²) in [4.78, 5) is 48.6. The summed E-state index contributed by atoms with van der Waals surface area (Å²) in [5.41, 5.74) is 13.8. The van der Waals surface area contributed by atoms with Gasteiger partial charge in [0, 0.05) is 25.1 Å². The van der Waals surface area contributed by atoms with Gasteiger partial charge in [-0.2, -0.15) is 0 Å². The lowest BCUT2D eigenvalue weighted by molar-refractivity contribution is -0.121. The number of nitrogens with one attached hydrogen (secondary N) is 3. The molecule has 2 saturated heterocycles. The molecule has 3 fully saturated rings. The molecule has 254 valence electrons. The van der Waals surface area contributed by atoms with Crippen LogP contribution in [0.2, 0.25) is 0 Å². The second-order valence-electron chi connectivity index (χ2n) is 14.0. The molecule has 0 atom stereocenters. The second kappa shape index (κ2) is 15.5. The quantitative estimate of drug-likeness (QED) is 0.109. The Bertz CT molecular complexity index is 1560. The maximum atomic E-state index is 13.5. The van der Waals surface area contributed by atoms with Gasteiger partial charge in [0.15, 0.2) is 5.75 Å². The van der Waals surface area contributed by atoms with Gasteiger partial charge in [-0.1, -0.05) is 6.07 Å². The van der Waals surface area contributed by atoms with E-state index in [1.165, 1.54) is 63.4 Å². The number of carbonyl (C=O) groups is 3. The molecule has 2 aliphatic heterocycles. The van der Waals surface area contributed by atoms with Crippen LogP contribution in [0.5, 0.6) is 5.75 Å². The van der Waals surface area contributed by atoms with Crippen LogP contribution in [0.15, 0.2) is 47.7 Å². The largest absolute Gasteiger partial charge is 0.494 e. The van der Waals surface area contributed by atoms with E-state index >= 15 is 0 Å². The van der Waals surface area contributed by atoms with Gasteiger partial charge in [0.1, 0.15) is 44.9 Å². The third-order valence-electron chi connectivity index (χ3n) is 8.93. The zero-order valence-corrected chi connectivity index (χ0v) is 29.4. The van der Waals surface area contributed by atoms with E-state index in [9.17, 15) is 14.4 Å². The Morgan fingerprint density at radius 1 is 1.08 bits per heavy atom. The highest BCUT2D eigenvalue weighted by Gasteiger charge is 2.30. The van der Waals surface area contributed by atoms with E-state index in [1.54, 1.807) is 12.3 Å². The molecule has 0 spiro atoms. The fourth-order valence-electron chi connectivity index (χ4n) is 6.11. The van der Waals surface area contributed by atoms with Crippen molar-refractivity contribution in [3.05, 3.63) is 52.6 Å². The van der Waals surface area contributed by atoms with Crippen LogP contribution in [-0.2, 0) is 9.59 Å². The number of hydrogen-bond donors (Lipinski definition) is 5. The van der Waals surface area contributed by atoms with Crippen LogP contribution in [0.25, 0.3) is 10.6 Å². The Hall–Kier alpha value is -3.91. The smallest absolute Gasteiger partial charge is 0.267 e. The second-order valence-corrected chi connectivity index (χ2v) is 15.0. The number of allylic oxidation sites excluding steroid dienone is 1. The van der Waals surface area contributed by atoms with Gasteiger partial charge in [0.2, 0.25) is 5.91 Å². The Kier molecular flexibility index (Phi) is 11.5. The first kappa shape index (κ1) is 35.4.